The lowest BCUT2D eigenvalue weighted by Gasteiger charge is -2.05. The van der Waals surface area contributed by atoms with Crippen molar-refractivity contribution in [2.24, 2.45) is 0 Å². The van der Waals surface area contributed by atoms with Crippen LogP contribution in [-0.4, -0.2) is 30.0 Å². The SMILES string of the molecule is O=C(NCCNC1CC1)c1cccc(=O)[nH]1. The zero-order valence-electron chi connectivity index (χ0n) is 8.95. The summed E-state index contributed by atoms with van der Waals surface area (Å²) in [4.78, 5) is 25.0. The van der Waals surface area contributed by atoms with Gasteiger partial charge in [-0.3, -0.25) is 9.59 Å². The molecule has 0 radical (unpaired) electrons. The zero-order chi connectivity index (χ0) is 11.4. The number of H-pyrrole nitrogens is 1. The number of nitrogens with one attached hydrogen (secondary N) is 3. The molecule has 1 amide bonds. The van der Waals surface area contributed by atoms with Crippen LogP contribution in [-0.2, 0) is 0 Å². The van der Waals surface area contributed by atoms with E-state index in [-0.39, 0.29) is 11.5 Å². The number of amides is 1. The average molecular weight is 221 g/mol. The van der Waals surface area contributed by atoms with Crippen molar-refractivity contribution >= 4 is 5.91 Å². The highest BCUT2D eigenvalue weighted by atomic mass is 16.2. The number of rotatable bonds is 5. The molecule has 1 aliphatic carbocycles. The van der Waals surface area contributed by atoms with E-state index >= 15 is 0 Å². The smallest absolute Gasteiger partial charge is 0.267 e. The minimum Gasteiger partial charge on any atom is -0.349 e. The van der Waals surface area contributed by atoms with Crippen LogP contribution in [0.5, 0.6) is 0 Å². The first kappa shape index (κ1) is 10.9. The Bertz CT molecular complexity index is 423. The van der Waals surface area contributed by atoms with E-state index in [4.69, 9.17) is 0 Å². The quantitative estimate of drug-likeness (QED) is 0.606. The third-order valence-corrected chi connectivity index (χ3v) is 2.43. The van der Waals surface area contributed by atoms with Crippen LogP contribution in [0, 0.1) is 0 Å². The van der Waals surface area contributed by atoms with Crippen LogP contribution in [0.3, 0.4) is 0 Å². The number of aromatic amines is 1. The second-order valence-electron chi connectivity index (χ2n) is 3.91. The van der Waals surface area contributed by atoms with Crippen molar-refractivity contribution in [1.82, 2.24) is 15.6 Å². The molecule has 0 bridgehead atoms. The Labute approximate surface area is 93.3 Å². The van der Waals surface area contributed by atoms with Gasteiger partial charge in [0.1, 0.15) is 5.69 Å². The molecular weight excluding hydrogens is 206 g/mol. The molecule has 0 aromatic carbocycles. The summed E-state index contributed by atoms with van der Waals surface area (Å²) in [6.45, 7) is 1.35. The van der Waals surface area contributed by atoms with Crippen LogP contribution >= 0.6 is 0 Å². The maximum Gasteiger partial charge on any atom is 0.267 e. The number of carbonyl (C=O) groups excluding carboxylic acids is 1. The van der Waals surface area contributed by atoms with Gasteiger partial charge in [-0.1, -0.05) is 6.07 Å². The van der Waals surface area contributed by atoms with Gasteiger partial charge in [0, 0.05) is 25.2 Å². The molecule has 0 aliphatic heterocycles. The molecule has 0 spiro atoms. The lowest BCUT2D eigenvalue weighted by molar-refractivity contribution is 0.0948. The number of pyridine rings is 1. The van der Waals surface area contributed by atoms with Gasteiger partial charge in [-0.2, -0.15) is 0 Å². The third-order valence-electron chi connectivity index (χ3n) is 2.43. The molecule has 1 fully saturated rings. The summed E-state index contributed by atoms with van der Waals surface area (Å²) < 4.78 is 0. The largest absolute Gasteiger partial charge is 0.349 e. The summed E-state index contributed by atoms with van der Waals surface area (Å²) >= 11 is 0. The summed E-state index contributed by atoms with van der Waals surface area (Å²) in [6, 6.07) is 5.18. The molecule has 16 heavy (non-hydrogen) atoms. The fraction of sp³-hybridized carbons (Fsp3) is 0.455. The van der Waals surface area contributed by atoms with E-state index in [2.05, 4.69) is 15.6 Å². The van der Waals surface area contributed by atoms with Crippen molar-refractivity contribution in [2.45, 2.75) is 18.9 Å². The minimum atomic E-state index is -0.260. The summed E-state index contributed by atoms with van der Waals surface area (Å²) in [5.41, 5.74) is 0.0441. The van der Waals surface area contributed by atoms with Gasteiger partial charge in [0.05, 0.1) is 0 Å². The van der Waals surface area contributed by atoms with E-state index in [1.807, 2.05) is 0 Å². The van der Waals surface area contributed by atoms with Gasteiger partial charge in [-0.05, 0) is 18.9 Å². The molecule has 1 aromatic rings. The van der Waals surface area contributed by atoms with Crippen LogP contribution in [0.1, 0.15) is 23.3 Å². The molecule has 1 heterocycles. The fourth-order valence-electron chi connectivity index (χ4n) is 1.42. The van der Waals surface area contributed by atoms with E-state index in [1.165, 1.54) is 18.9 Å². The van der Waals surface area contributed by atoms with Crippen molar-refractivity contribution in [3.8, 4) is 0 Å². The molecule has 1 saturated carbocycles. The molecule has 1 aliphatic rings. The van der Waals surface area contributed by atoms with Gasteiger partial charge in [-0.25, -0.2) is 0 Å². The van der Waals surface area contributed by atoms with Crippen molar-refractivity contribution in [2.75, 3.05) is 13.1 Å². The van der Waals surface area contributed by atoms with E-state index in [0.717, 1.165) is 6.54 Å². The molecule has 1 aromatic heterocycles. The van der Waals surface area contributed by atoms with Gasteiger partial charge < -0.3 is 15.6 Å². The van der Waals surface area contributed by atoms with Gasteiger partial charge in [0.15, 0.2) is 0 Å². The van der Waals surface area contributed by atoms with Gasteiger partial charge >= 0.3 is 0 Å². The highest BCUT2D eigenvalue weighted by Gasteiger charge is 2.19. The summed E-state index contributed by atoms with van der Waals surface area (Å²) in [7, 11) is 0. The Balaban J connectivity index is 1.76. The Hall–Kier alpha value is -1.62. The van der Waals surface area contributed by atoms with Crippen molar-refractivity contribution in [3.05, 3.63) is 34.2 Å². The molecule has 2 rings (SSSR count). The number of hydrogen-bond donors (Lipinski definition) is 3. The summed E-state index contributed by atoms with van der Waals surface area (Å²) in [6.07, 6.45) is 2.47. The summed E-state index contributed by atoms with van der Waals surface area (Å²) in [5, 5.41) is 6.03. The first-order chi connectivity index (χ1) is 7.75. The maximum atomic E-state index is 11.5. The zero-order valence-corrected chi connectivity index (χ0v) is 8.95. The Morgan fingerprint density at radius 3 is 2.88 bits per heavy atom. The van der Waals surface area contributed by atoms with Gasteiger partial charge in [0.25, 0.3) is 5.91 Å². The van der Waals surface area contributed by atoms with E-state index in [0.29, 0.717) is 18.3 Å². The second-order valence-corrected chi connectivity index (χ2v) is 3.91. The highest BCUT2D eigenvalue weighted by Crippen LogP contribution is 2.17. The number of hydrogen-bond acceptors (Lipinski definition) is 3. The van der Waals surface area contributed by atoms with Crippen molar-refractivity contribution in [1.29, 1.82) is 0 Å². The predicted octanol–water partition coefficient (Wildman–Crippen LogP) is -0.143. The van der Waals surface area contributed by atoms with Crippen LogP contribution < -0.4 is 16.2 Å². The fourth-order valence-corrected chi connectivity index (χ4v) is 1.42. The molecule has 5 heteroatoms. The van der Waals surface area contributed by atoms with E-state index < -0.39 is 0 Å². The first-order valence-electron chi connectivity index (χ1n) is 5.46. The Morgan fingerprint density at radius 2 is 2.19 bits per heavy atom. The summed E-state index contributed by atoms with van der Waals surface area (Å²) in [5.74, 6) is -0.240. The topological polar surface area (TPSA) is 74.0 Å². The first-order valence-corrected chi connectivity index (χ1v) is 5.46. The predicted molar refractivity (Wildman–Crippen MR) is 60.4 cm³/mol. The molecular formula is C11H15N3O2. The molecule has 5 nitrogen and oxygen atoms in total. The molecule has 0 atom stereocenters. The van der Waals surface area contributed by atoms with E-state index in [9.17, 15) is 9.59 Å². The van der Waals surface area contributed by atoms with Crippen LogP contribution in [0.15, 0.2) is 23.0 Å². The minimum absolute atomic E-state index is 0.240. The molecule has 0 unspecified atom stereocenters. The van der Waals surface area contributed by atoms with Crippen molar-refractivity contribution < 1.29 is 4.79 Å². The average Bonchev–Trinajstić information content (AvgIpc) is 3.08. The number of aromatic nitrogens is 1. The standard InChI is InChI=1S/C11H15N3O2/c15-10-3-1-2-9(14-10)11(16)13-7-6-12-8-4-5-8/h1-3,8,12H,4-7H2,(H,13,16)(H,14,15). The molecule has 86 valence electrons. The van der Waals surface area contributed by atoms with Gasteiger partial charge in [-0.15, -0.1) is 0 Å². The normalized spacial score (nSPS) is 14.8. The lowest BCUT2D eigenvalue weighted by Crippen LogP contribution is -2.33. The highest BCUT2D eigenvalue weighted by molar-refractivity contribution is 5.92. The third kappa shape index (κ3) is 3.20. The maximum absolute atomic E-state index is 11.5. The Morgan fingerprint density at radius 1 is 1.38 bits per heavy atom. The van der Waals surface area contributed by atoms with Crippen molar-refractivity contribution in [3.63, 3.8) is 0 Å². The second kappa shape index (κ2) is 4.94. The molecule has 3 N–H and O–H groups in total. The van der Waals surface area contributed by atoms with Crippen LogP contribution in [0.25, 0.3) is 0 Å². The van der Waals surface area contributed by atoms with Crippen LogP contribution in [0.2, 0.25) is 0 Å². The van der Waals surface area contributed by atoms with Gasteiger partial charge in [0.2, 0.25) is 5.56 Å². The monoisotopic (exact) mass is 221 g/mol. The molecule has 0 saturated heterocycles. The lowest BCUT2D eigenvalue weighted by atomic mass is 10.3. The Kier molecular flexibility index (Phi) is 3.36. The van der Waals surface area contributed by atoms with Crippen LogP contribution in [0.4, 0.5) is 0 Å². The van der Waals surface area contributed by atoms with E-state index in [1.54, 1.807) is 12.1 Å². The number of carbonyl (C=O) groups is 1.